The average Bonchev–Trinajstić information content (AvgIpc) is 2.78. The highest BCUT2D eigenvalue weighted by molar-refractivity contribution is 7.92. The maximum atomic E-state index is 12.8. The van der Waals surface area contributed by atoms with Gasteiger partial charge in [-0.1, -0.05) is 17.7 Å². The van der Waals surface area contributed by atoms with E-state index in [0.717, 1.165) is 5.56 Å². The third kappa shape index (κ3) is 4.91. The molecule has 2 aromatic rings. The molecule has 0 atom stereocenters. The molecule has 1 heterocycles. The maximum Gasteiger partial charge on any atom is 0.253 e. The normalized spacial score (nSPS) is 15.6. The van der Waals surface area contributed by atoms with Crippen LogP contribution in [0.4, 0.5) is 5.69 Å². The molecule has 1 aliphatic rings. The fourth-order valence-corrected chi connectivity index (χ4v) is 5.59. The third-order valence-electron chi connectivity index (χ3n) is 5.44. The van der Waals surface area contributed by atoms with Crippen molar-refractivity contribution in [3.63, 3.8) is 0 Å². The molecule has 0 aromatic heterocycles. The quantitative estimate of drug-likeness (QED) is 0.650. The van der Waals surface area contributed by atoms with Crippen molar-refractivity contribution >= 4 is 31.6 Å². The molecule has 0 spiro atoms. The molecule has 168 valence electrons. The van der Waals surface area contributed by atoms with E-state index in [-0.39, 0.29) is 42.7 Å². The van der Waals surface area contributed by atoms with Gasteiger partial charge in [-0.3, -0.25) is 9.10 Å². The number of hydrogen-bond donors (Lipinski definition) is 0. The zero-order chi connectivity index (χ0) is 22.8. The van der Waals surface area contributed by atoms with Crippen LogP contribution in [-0.2, 0) is 20.0 Å². The zero-order valence-electron chi connectivity index (χ0n) is 17.9. The van der Waals surface area contributed by atoms with Crippen molar-refractivity contribution in [1.29, 1.82) is 0 Å². The van der Waals surface area contributed by atoms with Gasteiger partial charge in [-0.25, -0.2) is 16.8 Å². The van der Waals surface area contributed by atoms with E-state index in [1.807, 2.05) is 6.92 Å². The lowest BCUT2D eigenvalue weighted by atomic mass is 10.1. The zero-order valence-corrected chi connectivity index (χ0v) is 19.5. The lowest BCUT2D eigenvalue weighted by Gasteiger charge is -2.34. The predicted octanol–water partition coefficient (Wildman–Crippen LogP) is 1.93. The number of hydrogen-bond acceptors (Lipinski definition) is 5. The molecule has 1 saturated heterocycles. The second-order valence-corrected chi connectivity index (χ2v) is 11.7. The number of aryl methyl sites for hydroxylation is 1. The molecule has 2 aromatic carbocycles. The molecular weight excluding hydrogens is 438 g/mol. The number of amides is 1. The Morgan fingerprint density at radius 2 is 1.45 bits per heavy atom. The van der Waals surface area contributed by atoms with E-state index in [0.29, 0.717) is 11.3 Å². The summed E-state index contributed by atoms with van der Waals surface area (Å²) in [5, 5.41) is 0. The van der Waals surface area contributed by atoms with Crippen molar-refractivity contribution in [2.45, 2.75) is 18.7 Å². The van der Waals surface area contributed by atoms with Crippen molar-refractivity contribution in [3.8, 4) is 0 Å². The van der Waals surface area contributed by atoms with Gasteiger partial charge in [-0.2, -0.15) is 4.31 Å². The highest BCUT2D eigenvalue weighted by Gasteiger charge is 2.30. The second-order valence-electron chi connectivity index (χ2n) is 7.42. The Bertz CT molecular complexity index is 1140. The standard InChI is InChI=1S/C21H27N3O5S2/c1-4-30(26,27)22(3)19-9-7-18(8-10-19)21(25)23-13-15-24(16-14-23)31(28,29)20-11-5-17(2)6-12-20/h5-12H,4,13-16H2,1-3H3. The van der Waals surface area contributed by atoms with Crippen LogP contribution >= 0.6 is 0 Å². The van der Waals surface area contributed by atoms with Crippen LogP contribution in [0.25, 0.3) is 0 Å². The highest BCUT2D eigenvalue weighted by atomic mass is 32.2. The Labute approximate surface area is 184 Å². The Balaban J connectivity index is 1.66. The van der Waals surface area contributed by atoms with Crippen molar-refractivity contribution in [1.82, 2.24) is 9.21 Å². The Morgan fingerprint density at radius 1 is 0.903 bits per heavy atom. The fourth-order valence-electron chi connectivity index (χ4n) is 3.34. The van der Waals surface area contributed by atoms with Crippen LogP contribution in [0.15, 0.2) is 53.4 Å². The molecule has 0 aliphatic carbocycles. The number of nitrogens with zero attached hydrogens (tertiary/aromatic N) is 3. The summed E-state index contributed by atoms with van der Waals surface area (Å²) in [5.41, 5.74) is 1.90. The van der Waals surface area contributed by atoms with Crippen LogP contribution in [0.2, 0.25) is 0 Å². The number of benzene rings is 2. The first kappa shape index (κ1) is 23.2. The monoisotopic (exact) mass is 465 g/mol. The molecule has 0 bridgehead atoms. The summed E-state index contributed by atoms with van der Waals surface area (Å²) in [6.45, 7) is 4.48. The minimum absolute atomic E-state index is 0.0139. The van der Waals surface area contributed by atoms with Gasteiger partial charge in [-0.15, -0.1) is 0 Å². The summed E-state index contributed by atoms with van der Waals surface area (Å²) in [6, 6.07) is 13.1. The maximum absolute atomic E-state index is 12.8. The molecule has 8 nitrogen and oxygen atoms in total. The van der Waals surface area contributed by atoms with E-state index in [2.05, 4.69) is 0 Å². The topological polar surface area (TPSA) is 95.1 Å². The van der Waals surface area contributed by atoms with Crippen LogP contribution in [0.3, 0.4) is 0 Å². The average molecular weight is 466 g/mol. The Kier molecular flexibility index (Phi) is 6.73. The van der Waals surface area contributed by atoms with Gasteiger partial charge in [-0.05, 0) is 50.2 Å². The van der Waals surface area contributed by atoms with Gasteiger partial charge >= 0.3 is 0 Å². The van der Waals surface area contributed by atoms with Crippen LogP contribution in [-0.4, -0.2) is 70.9 Å². The lowest BCUT2D eigenvalue weighted by Crippen LogP contribution is -2.50. The molecular formula is C21H27N3O5S2. The minimum Gasteiger partial charge on any atom is -0.336 e. The van der Waals surface area contributed by atoms with E-state index >= 15 is 0 Å². The largest absolute Gasteiger partial charge is 0.336 e. The summed E-state index contributed by atoms with van der Waals surface area (Å²) in [4.78, 5) is 14.7. The lowest BCUT2D eigenvalue weighted by molar-refractivity contribution is 0.0698. The smallest absolute Gasteiger partial charge is 0.253 e. The van der Waals surface area contributed by atoms with Crippen LogP contribution < -0.4 is 4.31 Å². The van der Waals surface area contributed by atoms with Gasteiger partial charge < -0.3 is 4.90 Å². The SMILES string of the molecule is CCS(=O)(=O)N(C)c1ccc(C(=O)N2CCN(S(=O)(=O)c3ccc(C)cc3)CC2)cc1. The van der Waals surface area contributed by atoms with Crippen molar-refractivity contribution < 1.29 is 21.6 Å². The van der Waals surface area contributed by atoms with E-state index < -0.39 is 20.0 Å². The first-order valence-electron chi connectivity index (χ1n) is 9.99. The van der Waals surface area contributed by atoms with Gasteiger partial charge in [0, 0.05) is 38.8 Å². The van der Waals surface area contributed by atoms with Crippen molar-refractivity contribution in [3.05, 3.63) is 59.7 Å². The van der Waals surface area contributed by atoms with Gasteiger partial charge in [0.05, 0.1) is 16.3 Å². The van der Waals surface area contributed by atoms with Crippen LogP contribution in [0.1, 0.15) is 22.8 Å². The van der Waals surface area contributed by atoms with E-state index in [9.17, 15) is 21.6 Å². The predicted molar refractivity (Wildman–Crippen MR) is 120 cm³/mol. The molecule has 10 heteroatoms. The van der Waals surface area contributed by atoms with Gasteiger partial charge in [0.15, 0.2) is 0 Å². The Morgan fingerprint density at radius 3 is 1.97 bits per heavy atom. The van der Waals surface area contributed by atoms with Gasteiger partial charge in [0.1, 0.15) is 0 Å². The van der Waals surface area contributed by atoms with Gasteiger partial charge in [0.2, 0.25) is 20.0 Å². The van der Waals surface area contributed by atoms with E-state index in [1.165, 1.54) is 15.7 Å². The van der Waals surface area contributed by atoms with Gasteiger partial charge in [0.25, 0.3) is 5.91 Å². The molecule has 31 heavy (non-hydrogen) atoms. The number of sulfonamides is 2. The second kappa shape index (κ2) is 8.97. The fraction of sp³-hybridized carbons (Fsp3) is 0.381. The summed E-state index contributed by atoms with van der Waals surface area (Å²) in [5.74, 6) is -0.222. The molecule has 0 radical (unpaired) electrons. The molecule has 1 fully saturated rings. The first-order chi connectivity index (χ1) is 14.6. The molecule has 0 saturated carbocycles. The molecule has 1 amide bonds. The van der Waals surface area contributed by atoms with E-state index in [4.69, 9.17) is 0 Å². The minimum atomic E-state index is -3.59. The van der Waals surface area contributed by atoms with Crippen molar-refractivity contribution in [2.75, 3.05) is 43.3 Å². The summed E-state index contributed by atoms with van der Waals surface area (Å²) >= 11 is 0. The number of carbonyl (C=O) groups is 1. The Hall–Kier alpha value is -2.43. The summed E-state index contributed by atoms with van der Waals surface area (Å²) < 4.78 is 52.2. The van der Waals surface area contributed by atoms with Crippen molar-refractivity contribution in [2.24, 2.45) is 0 Å². The first-order valence-corrected chi connectivity index (χ1v) is 13.0. The summed E-state index contributed by atoms with van der Waals surface area (Å²) in [6.07, 6.45) is 0. The third-order valence-corrected chi connectivity index (χ3v) is 9.13. The van der Waals surface area contributed by atoms with E-state index in [1.54, 1.807) is 60.4 Å². The highest BCUT2D eigenvalue weighted by Crippen LogP contribution is 2.21. The molecule has 0 N–H and O–H groups in total. The molecule has 1 aliphatic heterocycles. The molecule has 3 rings (SSSR count). The van der Waals surface area contributed by atoms with Crippen LogP contribution in [0.5, 0.6) is 0 Å². The number of piperazine rings is 1. The number of anilines is 1. The summed E-state index contributed by atoms with van der Waals surface area (Å²) in [7, 11) is -5.49. The number of carbonyl (C=O) groups excluding carboxylic acids is 1. The van der Waals surface area contributed by atoms with Crippen LogP contribution in [0, 0.1) is 6.92 Å². The number of rotatable bonds is 6. The molecule has 0 unspecified atom stereocenters.